The van der Waals surface area contributed by atoms with E-state index < -0.39 is 6.04 Å². The second-order valence-corrected chi connectivity index (χ2v) is 7.09. The van der Waals surface area contributed by atoms with Gasteiger partial charge < -0.3 is 15.0 Å². The molecule has 1 aliphatic rings. The summed E-state index contributed by atoms with van der Waals surface area (Å²) in [6, 6.07) is 13.4. The number of hydrogen-bond donors (Lipinski definition) is 1. The number of fused-ring (bicyclic) bond motifs is 1. The number of likely N-dealkylation sites (N-methyl/N-ethyl adjacent to an activating group) is 1. The molecule has 2 unspecified atom stereocenters. The Hall–Kier alpha value is -2.73. The van der Waals surface area contributed by atoms with Gasteiger partial charge in [-0.3, -0.25) is 9.59 Å². The first-order chi connectivity index (χ1) is 13.4. The van der Waals surface area contributed by atoms with Gasteiger partial charge in [-0.1, -0.05) is 36.4 Å². The lowest BCUT2D eigenvalue weighted by Gasteiger charge is -2.30. The highest BCUT2D eigenvalue weighted by molar-refractivity contribution is 5.79. The van der Waals surface area contributed by atoms with E-state index in [1.807, 2.05) is 18.2 Å². The second kappa shape index (κ2) is 8.97. The molecule has 0 saturated heterocycles. The minimum Gasteiger partial charge on any atom is -0.371 e. The summed E-state index contributed by atoms with van der Waals surface area (Å²) in [6.07, 6.45) is 0.805. The van der Waals surface area contributed by atoms with Crippen LogP contribution in [0, 0.1) is 5.82 Å². The average Bonchev–Trinajstić information content (AvgIpc) is 2.68. The number of nitrogens with one attached hydrogen (secondary N) is 1. The molecule has 0 fully saturated rings. The van der Waals surface area contributed by atoms with Crippen LogP contribution in [0.4, 0.5) is 4.39 Å². The molecule has 1 aliphatic heterocycles. The maximum atomic E-state index is 13.2. The molecule has 2 aromatic rings. The number of halogens is 1. The first-order valence-electron chi connectivity index (χ1n) is 9.40. The predicted octanol–water partition coefficient (Wildman–Crippen LogP) is 3.17. The van der Waals surface area contributed by atoms with Crippen molar-refractivity contribution in [3.8, 4) is 0 Å². The summed E-state index contributed by atoms with van der Waals surface area (Å²) in [5, 5.41) is 2.78. The first-order valence-corrected chi connectivity index (χ1v) is 9.40. The van der Waals surface area contributed by atoms with Gasteiger partial charge in [0.05, 0.1) is 25.6 Å². The molecular formula is C22H25FN2O3. The van der Waals surface area contributed by atoms with E-state index in [0.29, 0.717) is 18.7 Å². The average molecular weight is 384 g/mol. The summed E-state index contributed by atoms with van der Waals surface area (Å²) in [6.45, 7) is 2.47. The largest absolute Gasteiger partial charge is 0.371 e. The van der Waals surface area contributed by atoms with Crippen LogP contribution in [0.2, 0.25) is 0 Å². The van der Waals surface area contributed by atoms with E-state index in [0.717, 1.165) is 12.0 Å². The van der Waals surface area contributed by atoms with Crippen LogP contribution in [0.15, 0.2) is 48.5 Å². The van der Waals surface area contributed by atoms with Crippen LogP contribution in [0.3, 0.4) is 0 Å². The summed E-state index contributed by atoms with van der Waals surface area (Å²) in [5.74, 6) is -0.717. The lowest BCUT2D eigenvalue weighted by molar-refractivity contribution is -0.132. The van der Waals surface area contributed by atoms with Crippen LogP contribution in [-0.2, 0) is 20.7 Å². The van der Waals surface area contributed by atoms with E-state index >= 15 is 0 Å². The van der Waals surface area contributed by atoms with Gasteiger partial charge in [-0.05, 0) is 35.2 Å². The molecule has 1 heterocycles. The smallest absolute Gasteiger partial charge is 0.224 e. The van der Waals surface area contributed by atoms with E-state index in [4.69, 9.17) is 4.74 Å². The van der Waals surface area contributed by atoms with E-state index in [2.05, 4.69) is 11.4 Å². The van der Waals surface area contributed by atoms with Crippen molar-refractivity contribution < 1.29 is 18.7 Å². The van der Waals surface area contributed by atoms with Gasteiger partial charge in [0, 0.05) is 14.0 Å². The van der Waals surface area contributed by atoms with Gasteiger partial charge in [-0.2, -0.15) is 0 Å². The Morgan fingerprint density at radius 2 is 1.93 bits per heavy atom. The summed E-state index contributed by atoms with van der Waals surface area (Å²) in [5.41, 5.74) is 3.06. The minimum atomic E-state index is -0.507. The van der Waals surface area contributed by atoms with Crippen molar-refractivity contribution >= 4 is 11.8 Å². The fraction of sp³-hybridized carbons (Fsp3) is 0.364. The van der Waals surface area contributed by atoms with Crippen molar-refractivity contribution in [3.63, 3.8) is 0 Å². The highest BCUT2D eigenvalue weighted by atomic mass is 19.1. The molecule has 0 bridgehead atoms. The molecule has 0 radical (unpaired) electrons. The molecule has 2 aromatic carbocycles. The second-order valence-electron chi connectivity index (χ2n) is 7.09. The number of ether oxygens (including phenoxy) is 1. The zero-order valence-electron chi connectivity index (χ0n) is 16.2. The van der Waals surface area contributed by atoms with Crippen molar-refractivity contribution in [1.29, 1.82) is 0 Å². The van der Waals surface area contributed by atoms with Gasteiger partial charge in [-0.15, -0.1) is 0 Å². The molecule has 2 amide bonds. The summed E-state index contributed by atoms with van der Waals surface area (Å²) in [7, 11) is 1.73. The summed E-state index contributed by atoms with van der Waals surface area (Å²) >= 11 is 0. The molecule has 6 heteroatoms. The van der Waals surface area contributed by atoms with Crippen molar-refractivity contribution in [2.45, 2.75) is 31.9 Å². The number of carbonyl (C=O) groups is 2. The third kappa shape index (κ3) is 4.95. The molecule has 28 heavy (non-hydrogen) atoms. The highest BCUT2D eigenvalue weighted by Crippen LogP contribution is 2.28. The number of hydrogen-bond acceptors (Lipinski definition) is 3. The highest BCUT2D eigenvalue weighted by Gasteiger charge is 2.25. The standard InChI is InChI=1S/C22H25FN2O3/c1-15(26)24-20(17-7-9-18(23)10-8-17)13-22(27)25(2)14-21-19-6-4-3-5-16(19)11-12-28-21/h3-10,20-21H,11-14H2,1-2H3,(H,24,26). The zero-order chi connectivity index (χ0) is 20.1. The maximum Gasteiger partial charge on any atom is 0.224 e. The Kier molecular flexibility index (Phi) is 6.41. The van der Waals surface area contributed by atoms with Crippen LogP contribution in [-0.4, -0.2) is 36.9 Å². The molecule has 0 saturated carbocycles. The number of rotatable bonds is 6. The van der Waals surface area contributed by atoms with E-state index in [9.17, 15) is 14.0 Å². The Morgan fingerprint density at radius 1 is 1.21 bits per heavy atom. The Balaban J connectivity index is 1.68. The minimum absolute atomic E-state index is 0.0933. The van der Waals surface area contributed by atoms with Crippen LogP contribution >= 0.6 is 0 Å². The zero-order valence-corrected chi connectivity index (χ0v) is 16.2. The predicted molar refractivity (Wildman–Crippen MR) is 104 cm³/mol. The lowest BCUT2D eigenvalue weighted by atomic mass is 9.97. The quantitative estimate of drug-likeness (QED) is 0.832. The Morgan fingerprint density at radius 3 is 2.64 bits per heavy atom. The molecule has 3 rings (SSSR count). The molecule has 148 valence electrons. The topological polar surface area (TPSA) is 58.6 Å². The fourth-order valence-corrected chi connectivity index (χ4v) is 3.50. The molecule has 0 aromatic heterocycles. The van der Waals surface area contributed by atoms with Crippen molar-refractivity contribution in [3.05, 3.63) is 71.0 Å². The SMILES string of the molecule is CC(=O)NC(CC(=O)N(C)CC1OCCc2ccccc21)c1ccc(F)cc1. The van der Waals surface area contributed by atoms with Gasteiger partial charge in [0.1, 0.15) is 11.9 Å². The van der Waals surface area contributed by atoms with E-state index in [1.54, 1.807) is 24.1 Å². The monoisotopic (exact) mass is 384 g/mol. The maximum absolute atomic E-state index is 13.2. The number of carbonyl (C=O) groups excluding carboxylic acids is 2. The van der Waals surface area contributed by atoms with Gasteiger partial charge in [-0.25, -0.2) is 4.39 Å². The normalized spacial score (nSPS) is 16.8. The lowest BCUT2D eigenvalue weighted by Crippen LogP contribution is -2.37. The third-order valence-electron chi connectivity index (χ3n) is 4.99. The number of benzene rings is 2. The Labute approximate surface area is 164 Å². The molecule has 2 atom stereocenters. The fourth-order valence-electron chi connectivity index (χ4n) is 3.50. The number of amides is 2. The molecule has 0 aliphatic carbocycles. The van der Waals surface area contributed by atoms with Crippen LogP contribution < -0.4 is 5.32 Å². The van der Waals surface area contributed by atoms with Gasteiger partial charge in [0.2, 0.25) is 11.8 Å². The summed E-state index contributed by atoms with van der Waals surface area (Å²) < 4.78 is 19.1. The van der Waals surface area contributed by atoms with Crippen molar-refractivity contribution in [2.24, 2.45) is 0 Å². The van der Waals surface area contributed by atoms with E-state index in [1.165, 1.54) is 24.6 Å². The van der Waals surface area contributed by atoms with Gasteiger partial charge >= 0.3 is 0 Å². The molecule has 1 N–H and O–H groups in total. The van der Waals surface area contributed by atoms with E-state index in [-0.39, 0.29) is 30.2 Å². The van der Waals surface area contributed by atoms with Crippen LogP contribution in [0.5, 0.6) is 0 Å². The molecule has 0 spiro atoms. The Bertz CT molecular complexity index is 838. The molecular weight excluding hydrogens is 359 g/mol. The summed E-state index contributed by atoms with van der Waals surface area (Å²) in [4.78, 5) is 26.0. The number of nitrogens with zero attached hydrogens (tertiary/aromatic N) is 1. The van der Waals surface area contributed by atoms with Crippen molar-refractivity contribution in [2.75, 3.05) is 20.2 Å². The van der Waals surface area contributed by atoms with Crippen molar-refractivity contribution in [1.82, 2.24) is 10.2 Å². The van der Waals surface area contributed by atoms with Gasteiger partial charge in [0.25, 0.3) is 0 Å². The van der Waals surface area contributed by atoms with Gasteiger partial charge in [0.15, 0.2) is 0 Å². The molecule has 5 nitrogen and oxygen atoms in total. The van der Waals surface area contributed by atoms with Crippen LogP contribution in [0.1, 0.15) is 42.2 Å². The van der Waals surface area contributed by atoms with Crippen LogP contribution in [0.25, 0.3) is 0 Å². The third-order valence-corrected chi connectivity index (χ3v) is 4.99. The first kappa shape index (κ1) is 20.0.